The van der Waals surface area contributed by atoms with Crippen molar-refractivity contribution in [1.82, 2.24) is 4.98 Å². The number of aromatic nitrogens is 1. The first-order valence-corrected chi connectivity index (χ1v) is 9.66. The second-order valence-electron chi connectivity index (χ2n) is 5.54. The van der Waals surface area contributed by atoms with Gasteiger partial charge in [0.25, 0.3) is 0 Å². The van der Waals surface area contributed by atoms with E-state index in [1.54, 1.807) is 14.0 Å². The molecule has 6 nitrogen and oxygen atoms in total. The van der Waals surface area contributed by atoms with E-state index in [2.05, 4.69) is 16.0 Å². The van der Waals surface area contributed by atoms with E-state index in [0.29, 0.717) is 17.4 Å². The van der Waals surface area contributed by atoms with Gasteiger partial charge in [-0.1, -0.05) is 23.5 Å². The fraction of sp³-hybridized carbons (Fsp3) is 0.400. The number of aryl methyl sites for hydroxylation is 1. The Labute approximate surface area is 140 Å². The number of methoxy groups -OCH3 is 1. The third kappa shape index (κ3) is 3.19. The normalized spacial score (nSPS) is 15.2. The number of fused-ring (bicyclic) bond motifs is 1. The van der Waals surface area contributed by atoms with Crippen molar-refractivity contribution in [2.45, 2.75) is 30.5 Å². The van der Waals surface area contributed by atoms with Gasteiger partial charge in [0.2, 0.25) is 10.0 Å². The number of thiazole rings is 1. The maximum absolute atomic E-state index is 11.6. The van der Waals surface area contributed by atoms with Crippen LogP contribution >= 0.6 is 11.3 Å². The summed E-state index contributed by atoms with van der Waals surface area (Å²) in [5, 5.41) is 5.95. The number of nitrogens with two attached hydrogens (primary N) is 1. The van der Waals surface area contributed by atoms with Crippen molar-refractivity contribution in [1.29, 1.82) is 0 Å². The number of sulfonamides is 1. The fourth-order valence-electron chi connectivity index (χ4n) is 2.90. The number of rotatable bonds is 3. The van der Waals surface area contributed by atoms with E-state index in [1.165, 1.54) is 11.1 Å². The van der Waals surface area contributed by atoms with Crippen molar-refractivity contribution >= 4 is 26.5 Å². The van der Waals surface area contributed by atoms with Gasteiger partial charge in [0.05, 0.1) is 12.8 Å². The third-order valence-electron chi connectivity index (χ3n) is 3.94. The molecular formula is C15H19N3O3S2. The summed E-state index contributed by atoms with van der Waals surface area (Å²) in [6.45, 7) is 3.17. The molecule has 0 bridgehead atoms. The van der Waals surface area contributed by atoms with Gasteiger partial charge in [0, 0.05) is 13.1 Å². The Morgan fingerprint density at radius 3 is 2.83 bits per heavy atom. The van der Waals surface area contributed by atoms with Crippen LogP contribution in [-0.2, 0) is 23.0 Å². The van der Waals surface area contributed by atoms with Crippen LogP contribution in [0.25, 0.3) is 0 Å². The Hall–Kier alpha value is -1.64. The first-order valence-electron chi connectivity index (χ1n) is 7.30. The van der Waals surface area contributed by atoms with E-state index in [0.717, 1.165) is 36.5 Å². The Kier molecular flexibility index (Phi) is 4.31. The monoisotopic (exact) mass is 353 g/mol. The largest absolute Gasteiger partial charge is 0.496 e. The van der Waals surface area contributed by atoms with Gasteiger partial charge in [-0.15, -0.1) is 0 Å². The number of nitrogens with zero attached hydrogens (tertiary/aromatic N) is 2. The molecule has 2 N–H and O–H groups in total. The second kappa shape index (κ2) is 6.10. The highest BCUT2D eigenvalue weighted by molar-refractivity contribution is 7.91. The van der Waals surface area contributed by atoms with Crippen molar-refractivity contribution in [2.24, 2.45) is 5.14 Å². The number of hydrogen-bond donors (Lipinski definition) is 1. The van der Waals surface area contributed by atoms with Crippen LogP contribution in [0, 0.1) is 6.92 Å². The summed E-state index contributed by atoms with van der Waals surface area (Å²) in [4.78, 5) is 6.52. The van der Waals surface area contributed by atoms with Crippen molar-refractivity contribution < 1.29 is 13.2 Å². The first kappa shape index (κ1) is 16.2. The zero-order valence-electron chi connectivity index (χ0n) is 13.1. The van der Waals surface area contributed by atoms with Gasteiger partial charge in [-0.2, -0.15) is 0 Å². The number of primary sulfonamides is 1. The van der Waals surface area contributed by atoms with Crippen LogP contribution in [0.1, 0.15) is 23.2 Å². The fourth-order valence-corrected chi connectivity index (χ4v) is 4.87. The van der Waals surface area contributed by atoms with Crippen molar-refractivity contribution in [3.05, 3.63) is 35.0 Å². The lowest BCUT2D eigenvalue weighted by molar-refractivity contribution is 0.409. The topological polar surface area (TPSA) is 85.5 Å². The molecule has 0 atom stereocenters. The smallest absolute Gasteiger partial charge is 0.249 e. The predicted molar refractivity (Wildman–Crippen MR) is 90.6 cm³/mol. The molecule has 1 aromatic heterocycles. The van der Waals surface area contributed by atoms with Gasteiger partial charge in [0.1, 0.15) is 5.75 Å². The molecule has 0 unspecified atom stereocenters. The molecule has 23 heavy (non-hydrogen) atoms. The summed E-state index contributed by atoms with van der Waals surface area (Å²) >= 11 is 1.14. The quantitative estimate of drug-likeness (QED) is 0.913. The van der Waals surface area contributed by atoms with Gasteiger partial charge in [-0.05, 0) is 37.0 Å². The van der Waals surface area contributed by atoms with Crippen LogP contribution in [0.2, 0.25) is 0 Å². The summed E-state index contributed by atoms with van der Waals surface area (Å²) in [6.07, 6.45) is 1.89. The van der Waals surface area contributed by atoms with Gasteiger partial charge in [0.15, 0.2) is 9.34 Å². The summed E-state index contributed by atoms with van der Waals surface area (Å²) in [5.74, 6) is 0.907. The molecule has 0 saturated heterocycles. The lowest BCUT2D eigenvalue weighted by atomic mass is 10.0. The van der Waals surface area contributed by atoms with Crippen LogP contribution in [-0.4, -0.2) is 27.1 Å². The predicted octanol–water partition coefficient (Wildman–Crippen LogP) is 2.06. The number of benzene rings is 1. The summed E-state index contributed by atoms with van der Waals surface area (Å²) in [5.41, 5.74) is 2.87. The summed E-state index contributed by atoms with van der Waals surface area (Å²) < 4.78 is 28.8. The van der Waals surface area contributed by atoms with E-state index < -0.39 is 10.0 Å². The molecule has 1 aromatic carbocycles. The number of hydrogen-bond acceptors (Lipinski definition) is 6. The Bertz CT molecular complexity index is 830. The molecule has 124 valence electrons. The summed E-state index contributed by atoms with van der Waals surface area (Å²) in [7, 11) is -2.04. The minimum Gasteiger partial charge on any atom is -0.496 e. The standard InChI is InChI=1S/C15H19N3O3S2/c1-10-14(23(16,19)20)22-15(17-10)18-8-4-6-12-11(9-18)5-3-7-13(12)21-2/h3,5,7H,4,6,8-9H2,1-2H3,(H2,16,19,20). The Balaban J connectivity index is 1.96. The highest BCUT2D eigenvalue weighted by atomic mass is 32.2. The van der Waals surface area contributed by atoms with Crippen LogP contribution in [0.15, 0.2) is 22.4 Å². The molecular weight excluding hydrogens is 334 g/mol. The lowest BCUT2D eigenvalue weighted by Crippen LogP contribution is -2.22. The molecule has 3 rings (SSSR count). The van der Waals surface area contributed by atoms with Crippen molar-refractivity contribution in [3.8, 4) is 5.75 Å². The van der Waals surface area contributed by atoms with Crippen LogP contribution < -0.4 is 14.8 Å². The van der Waals surface area contributed by atoms with E-state index in [-0.39, 0.29) is 4.21 Å². The van der Waals surface area contributed by atoms with E-state index >= 15 is 0 Å². The van der Waals surface area contributed by atoms with Crippen LogP contribution in [0.5, 0.6) is 5.75 Å². The van der Waals surface area contributed by atoms with Crippen molar-refractivity contribution in [3.63, 3.8) is 0 Å². The van der Waals surface area contributed by atoms with E-state index in [9.17, 15) is 8.42 Å². The van der Waals surface area contributed by atoms with Gasteiger partial charge in [-0.25, -0.2) is 18.5 Å². The lowest BCUT2D eigenvalue weighted by Gasteiger charge is -2.19. The van der Waals surface area contributed by atoms with Gasteiger partial charge < -0.3 is 9.64 Å². The highest BCUT2D eigenvalue weighted by Gasteiger charge is 2.23. The molecule has 1 aliphatic heterocycles. The average molecular weight is 353 g/mol. The maximum Gasteiger partial charge on any atom is 0.249 e. The molecule has 0 spiro atoms. The van der Waals surface area contributed by atoms with Gasteiger partial charge >= 0.3 is 0 Å². The molecule has 1 aliphatic rings. The zero-order chi connectivity index (χ0) is 16.6. The second-order valence-corrected chi connectivity index (χ2v) is 8.27. The molecule has 2 heterocycles. The molecule has 0 amide bonds. The SMILES string of the molecule is COc1cccc2c1CCCN(c1nc(C)c(S(N)(=O)=O)s1)C2. The average Bonchev–Trinajstić information content (AvgIpc) is 2.76. The number of ether oxygens (including phenoxy) is 1. The van der Waals surface area contributed by atoms with E-state index in [4.69, 9.17) is 9.88 Å². The Morgan fingerprint density at radius 1 is 1.39 bits per heavy atom. The third-order valence-corrected chi connectivity index (χ3v) is 6.71. The molecule has 0 saturated carbocycles. The molecule has 0 radical (unpaired) electrons. The molecule has 0 aliphatic carbocycles. The molecule has 0 fully saturated rings. The highest BCUT2D eigenvalue weighted by Crippen LogP contribution is 2.33. The van der Waals surface area contributed by atoms with E-state index in [1.807, 2.05) is 12.1 Å². The van der Waals surface area contributed by atoms with Crippen LogP contribution in [0.3, 0.4) is 0 Å². The molecule has 2 aromatic rings. The number of anilines is 1. The molecule has 8 heteroatoms. The van der Waals surface area contributed by atoms with Crippen molar-refractivity contribution in [2.75, 3.05) is 18.6 Å². The minimum atomic E-state index is -3.72. The summed E-state index contributed by atoms with van der Waals surface area (Å²) in [6, 6.07) is 6.03. The Morgan fingerprint density at radius 2 is 2.17 bits per heavy atom. The minimum absolute atomic E-state index is 0.141. The van der Waals surface area contributed by atoms with Crippen LogP contribution in [0.4, 0.5) is 5.13 Å². The maximum atomic E-state index is 11.6. The first-order chi connectivity index (χ1) is 10.9. The van der Waals surface area contributed by atoms with Gasteiger partial charge in [-0.3, -0.25) is 0 Å². The zero-order valence-corrected chi connectivity index (χ0v) is 14.7.